The zero-order valence-electron chi connectivity index (χ0n) is 17.1. The number of piperazine rings is 1. The average molecular weight is 401 g/mol. The van der Waals surface area contributed by atoms with E-state index in [1.165, 1.54) is 5.69 Å². The van der Waals surface area contributed by atoms with Gasteiger partial charge in [0, 0.05) is 49.7 Å². The van der Waals surface area contributed by atoms with Gasteiger partial charge in [0.2, 0.25) is 5.91 Å². The summed E-state index contributed by atoms with van der Waals surface area (Å²) in [5, 5.41) is 0.791. The maximum atomic E-state index is 12.7. The summed E-state index contributed by atoms with van der Waals surface area (Å²) in [5.41, 5.74) is 4.23. The van der Waals surface area contributed by atoms with Gasteiger partial charge in [0.15, 0.2) is 5.16 Å². The molecule has 1 aliphatic rings. The Labute approximate surface area is 171 Å². The van der Waals surface area contributed by atoms with Gasteiger partial charge < -0.3 is 14.5 Å². The number of nitrogens with zero attached hydrogens (tertiary/aromatic N) is 4. The summed E-state index contributed by atoms with van der Waals surface area (Å²) in [5.74, 6) is 1.07. The number of methoxy groups -OCH3 is 1. The summed E-state index contributed by atoms with van der Waals surface area (Å²) in [6, 6.07) is 8.09. The van der Waals surface area contributed by atoms with Crippen LogP contribution in [-0.4, -0.2) is 60.3 Å². The van der Waals surface area contributed by atoms with E-state index in [1.807, 2.05) is 37.1 Å². The lowest BCUT2D eigenvalue weighted by atomic mass is 10.1. The lowest BCUT2D eigenvalue weighted by Crippen LogP contribution is -2.48. The highest BCUT2D eigenvalue weighted by atomic mass is 32.2. The Morgan fingerprint density at radius 2 is 1.68 bits per heavy atom. The van der Waals surface area contributed by atoms with Gasteiger partial charge in [-0.3, -0.25) is 4.79 Å². The molecule has 1 aliphatic heterocycles. The Balaban J connectivity index is 1.53. The lowest BCUT2D eigenvalue weighted by Gasteiger charge is -2.36. The van der Waals surface area contributed by atoms with Gasteiger partial charge in [-0.2, -0.15) is 0 Å². The van der Waals surface area contributed by atoms with E-state index in [4.69, 9.17) is 4.74 Å². The molecule has 1 fully saturated rings. The van der Waals surface area contributed by atoms with Crippen molar-refractivity contribution < 1.29 is 9.53 Å². The largest absolute Gasteiger partial charge is 0.497 e. The minimum Gasteiger partial charge on any atom is -0.497 e. The molecule has 150 valence electrons. The average Bonchev–Trinajstić information content (AvgIpc) is 2.73. The number of hydrogen-bond donors (Lipinski definition) is 0. The Morgan fingerprint density at radius 3 is 2.21 bits per heavy atom. The molecule has 0 bridgehead atoms. The van der Waals surface area contributed by atoms with Crippen LogP contribution in [-0.2, 0) is 11.2 Å². The van der Waals surface area contributed by atoms with E-state index in [0.29, 0.717) is 12.8 Å². The standard InChI is InChI=1S/C21H28N4O2S/c1-15-19(16(2)23-21(22-15)28-4)9-10-20(26)25-13-11-24(12-14-25)17-5-7-18(27-3)8-6-17/h5-8H,9-14H2,1-4H3. The van der Waals surface area contributed by atoms with Crippen LogP contribution in [0.1, 0.15) is 23.4 Å². The molecule has 1 aromatic carbocycles. The maximum Gasteiger partial charge on any atom is 0.223 e. The van der Waals surface area contributed by atoms with Crippen molar-refractivity contribution in [1.29, 1.82) is 0 Å². The van der Waals surface area contributed by atoms with Gasteiger partial charge in [0.25, 0.3) is 0 Å². The molecule has 28 heavy (non-hydrogen) atoms. The molecule has 1 aromatic heterocycles. The number of ether oxygens (including phenoxy) is 1. The van der Waals surface area contributed by atoms with E-state index < -0.39 is 0 Å². The van der Waals surface area contributed by atoms with Crippen molar-refractivity contribution in [2.75, 3.05) is 44.4 Å². The quantitative estimate of drug-likeness (QED) is 0.549. The summed E-state index contributed by atoms with van der Waals surface area (Å²) in [6.45, 7) is 7.21. The highest BCUT2D eigenvalue weighted by Gasteiger charge is 2.21. The van der Waals surface area contributed by atoms with Gasteiger partial charge >= 0.3 is 0 Å². The number of amides is 1. The van der Waals surface area contributed by atoms with E-state index in [0.717, 1.165) is 54.0 Å². The first-order valence-electron chi connectivity index (χ1n) is 9.56. The molecular formula is C21H28N4O2S. The van der Waals surface area contributed by atoms with Crippen molar-refractivity contribution in [3.8, 4) is 5.75 Å². The molecule has 0 N–H and O–H groups in total. The first-order valence-corrected chi connectivity index (χ1v) is 10.8. The fraction of sp³-hybridized carbons (Fsp3) is 0.476. The molecule has 6 nitrogen and oxygen atoms in total. The van der Waals surface area contributed by atoms with Crippen molar-refractivity contribution in [3.63, 3.8) is 0 Å². The number of anilines is 1. The number of carbonyl (C=O) groups excluding carboxylic acids is 1. The molecule has 0 radical (unpaired) electrons. The second-order valence-electron chi connectivity index (χ2n) is 6.93. The van der Waals surface area contributed by atoms with Crippen molar-refractivity contribution in [2.45, 2.75) is 31.8 Å². The van der Waals surface area contributed by atoms with E-state index >= 15 is 0 Å². The highest BCUT2D eigenvalue weighted by Crippen LogP contribution is 2.21. The molecule has 1 saturated heterocycles. The van der Waals surface area contributed by atoms with Crippen LogP contribution in [0.5, 0.6) is 5.75 Å². The second-order valence-corrected chi connectivity index (χ2v) is 7.70. The van der Waals surface area contributed by atoms with Crippen molar-refractivity contribution >= 4 is 23.4 Å². The third-order valence-electron chi connectivity index (χ3n) is 5.24. The minimum absolute atomic E-state index is 0.210. The molecule has 1 amide bonds. The Kier molecular flexibility index (Phi) is 6.78. The van der Waals surface area contributed by atoms with E-state index in [1.54, 1.807) is 18.9 Å². The molecule has 2 heterocycles. The van der Waals surface area contributed by atoms with Crippen LogP contribution in [0.4, 0.5) is 5.69 Å². The molecule has 0 aliphatic carbocycles. The van der Waals surface area contributed by atoms with Crippen LogP contribution < -0.4 is 9.64 Å². The SMILES string of the molecule is COc1ccc(N2CCN(C(=O)CCc3c(C)nc(SC)nc3C)CC2)cc1. The molecule has 3 rings (SSSR count). The zero-order chi connectivity index (χ0) is 20.1. The molecule has 0 atom stereocenters. The number of aryl methyl sites for hydroxylation is 2. The number of rotatable bonds is 6. The van der Waals surface area contributed by atoms with Crippen molar-refractivity contribution in [2.24, 2.45) is 0 Å². The van der Waals surface area contributed by atoms with Gasteiger partial charge in [-0.15, -0.1) is 0 Å². The number of benzene rings is 1. The number of hydrogen-bond acceptors (Lipinski definition) is 6. The molecule has 0 saturated carbocycles. The molecule has 0 unspecified atom stereocenters. The molecule has 0 spiro atoms. The van der Waals surface area contributed by atoms with Crippen molar-refractivity contribution in [1.82, 2.24) is 14.9 Å². The zero-order valence-corrected chi connectivity index (χ0v) is 17.9. The van der Waals surface area contributed by atoms with E-state index in [2.05, 4.69) is 27.0 Å². The van der Waals surface area contributed by atoms with Gasteiger partial charge in [-0.05, 0) is 56.4 Å². The fourth-order valence-electron chi connectivity index (χ4n) is 3.56. The van der Waals surface area contributed by atoms with E-state index in [9.17, 15) is 4.79 Å². The Morgan fingerprint density at radius 1 is 1.07 bits per heavy atom. The second kappa shape index (κ2) is 9.28. The summed E-state index contributed by atoms with van der Waals surface area (Å²) >= 11 is 1.54. The monoisotopic (exact) mass is 400 g/mol. The predicted octanol–water partition coefficient (Wildman–Crippen LogP) is 3.11. The van der Waals surface area contributed by atoms with Crippen LogP contribution in [0.2, 0.25) is 0 Å². The normalized spacial score (nSPS) is 14.3. The number of thioether (sulfide) groups is 1. The predicted molar refractivity (Wildman–Crippen MR) is 113 cm³/mol. The third kappa shape index (κ3) is 4.76. The van der Waals surface area contributed by atoms with Gasteiger partial charge in [0.05, 0.1) is 7.11 Å². The van der Waals surface area contributed by atoms with Gasteiger partial charge in [-0.25, -0.2) is 9.97 Å². The third-order valence-corrected chi connectivity index (χ3v) is 5.79. The molecular weight excluding hydrogens is 372 g/mol. The number of aromatic nitrogens is 2. The van der Waals surface area contributed by atoms with Crippen LogP contribution in [0.25, 0.3) is 0 Å². The van der Waals surface area contributed by atoms with Crippen molar-refractivity contribution in [3.05, 3.63) is 41.2 Å². The topological polar surface area (TPSA) is 58.6 Å². The van der Waals surface area contributed by atoms with Crippen LogP contribution in [0, 0.1) is 13.8 Å². The van der Waals surface area contributed by atoms with Gasteiger partial charge in [0.1, 0.15) is 5.75 Å². The Bertz CT molecular complexity index is 795. The Hall–Kier alpha value is -2.28. The highest BCUT2D eigenvalue weighted by molar-refractivity contribution is 7.98. The first kappa shape index (κ1) is 20.5. The van der Waals surface area contributed by atoms with Crippen LogP contribution in [0.3, 0.4) is 0 Å². The van der Waals surface area contributed by atoms with Gasteiger partial charge in [-0.1, -0.05) is 11.8 Å². The van der Waals surface area contributed by atoms with Crippen LogP contribution >= 0.6 is 11.8 Å². The lowest BCUT2D eigenvalue weighted by molar-refractivity contribution is -0.131. The maximum absolute atomic E-state index is 12.7. The summed E-state index contributed by atoms with van der Waals surface area (Å²) in [7, 11) is 1.67. The smallest absolute Gasteiger partial charge is 0.223 e. The molecule has 2 aromatic rings. The molecule has 7 heteroatoms. The van der Waals surface area contributed by atoms with E-state index in [-0.39, 0.29) is 5.91 Å². The van der Waals surface area contributed by atoms with Crippen LogP contribution in [0.15, 0.2) is 29.4 Å². The summed E-state index contributed by atoms with van der Waals surface area (Å²) in [4.78, 5) is 26.0. The fourth-order valence-corrected chi connectivity index (χ4v) is 4.02. The first-order chi connectivity index (χ1) is 13.5. The number of carbonyl (C=O) groups is 1. The summed E-state index contributed by atoms with van der Waals surface area (Å²) < 4.78 is 5.22. The summed E-state index contributed by atoms with van der Waals surface area (Å²) in [6.07, 6.45) is 3.18. The minimum atomic E-state index is 0.210.